The van der Waals surface area contributed by atoms with Crippen molar-refractivity contribution < 1.29 is 14.7 Å². The zero-order valence-corrected chi connectivity index (χ0v) is 12.0. The first kappa shape index (κ1) is 14.6. The van der Waals surface area contributed by atoms with Gasteiger partial charge in [0.15, 0.2) is 0 Å². The number of hydrogen-bond donors (Lipinski definition) is 2. The minimum absolute atomic E-state index is 0.0637. The molecule has 10 heteroatoms. The van der Waals surface area contributed by atoms with Crippen molar-refractivity contribution in [2.24, 2.45) is 7.05 Å². The van der Waals surface area contributed by atoms with E-state index >= 15 is 0 Å². The molecule has 1 aromatic heterocycles. The van der Waals surface area contributed by atoms with Gasteiger partial charge in [0.25, 0.3) is 5.95 Å². The van der Waals surface area contributed by atoms with E-state index in [4.69, 9.17) is 0 Å². The summed E-state index contributed by atoms with van der Waals surface area (Å²) in [6.45, 7) is 2.00. The molecule has 0 radical (unpaired) electrons. The van der Waals surface area contributed by atoms with Gasteiger partial charge in [-0.15, -0.1) is 16.9 Å². The molecule has 0 bridgehead atoms. The van der Waals surface area contributed by atoms with E-state index in [1.165, 1.54) is 21.5 Å². The number of urea groups is 1. The number of carboxylic acids is 1. The number of thioether (sulfide) groups is 1. The second-order valence-electron chi connectivity index (χ2n) is 4.37. The second-order valence-corrected chi connectivity index (χ2v) is 5.58. The van der Waals surface area contributed by atoms with Crippen molar-refractivity contribution in [3.8, 4) is 0 Å². The van der Waals surface area contributed by atoms with E-state index < -0.39 is 18.0 Å². The molecule has 2 atom stereocenters. The van der Waals surface area contributed by atoms with Gasteiger partial charge in [-0.2, -0.15) is 4.80 Å². The fourth-order valence-corrected chi connectivity index (χ4v) is 3.50. The molecule has 2 heterocycles. The number of aliphatic carboxylic acids is 1. The predicted molar refractivity (Wildman–Crippen MR) is 72.2 cm³/mol. The summed E-state index contributed by atoms with van der Waals surface area (Å²) in [6.07, 6.45) is 1.62. The Bertz CT molecular complexity index is 507. The van der Waals surface area contributed by atoms with Crippen LogP contribution in [0.4, 0.5) is 10.7 Å². The molecular weight excluding hydrogens is 284 g/mol. The first-order valence-electron chi connectivity index (χ1n) is 6.20. The van der Waals surface area contributed by atoms with Crippen LogP contribution in [-0.4, -0.2) is 59.4 Å². The number of carbonyl (C=O) groups is 2. The summed E-state index contributed by atoms with van der Waals surface area (Å²) in [5, 5.41) is 22.7. The van der Waals surface area contributed by atoms with Gasteiger partial charge in [0.1, 0.15) is 6.04 Å². The summed E-state index contributed by atoms with van der Waals surface area (Å²) in [6, 6.07) is -1.33. The Hall–Kier alpha value is -1.84. The highest BCUT2D eigenvalue weighted by Crippen LogP contribution is 2.32. The molecule has 1 aliphatic heterocycles. The summed E-state index contributed by atoms with van der Waals surface area (Å²) >= 11 is 1.48. The quantitative estimate of drug-likeness (QED) is 0.825. The van der Waals surface area contributed by atoms with Gasteiger partial charge in [0.05, 0.1) is 12.4 Å². The Morgan fingerprint density at radius 2 is 2.30 bits per heavy atom. The van der Waals surface area contributed by atoms with Gasteiger partial charge in [-0.1, -0.05) is 18.4 Å². The summed E-state index contributed by atoms with van der Waals surface area (Å²) in [5.74, 6) is -0.548. The van der Waals surface area contributed by atoms with E-state index in [1.54, 1.807) is 7.05 Å². The van der Waals surface area contributed by atoms with Gasteiger partial charge in [0, 0.05) is 5.75 Å². The highest BCUT2D eigenvalue weighted by Gasteiger charge is 2.41. The van der Waals surface area contributed by atoms with Crippen LogP contribution in [0.5, 0.6) is 0 Å². The Balaban J connectivity index is 2.12. The molecule has 9 nitrogen and oxygen atoms in total. The minimum Gasteiger partial charge on any atom is -0.480 e. The van der Waals surface area contributed by atoms with Gasteiger partial charge >= 0.3 is 12.0 Å². The van der Waals surface area contributed by atoms with E-state index in [1.807, 2.05) is 6.92 Å². The third kappa shape index (κ3) is 3.00. The van der Waals surface area contributed by atoms with E-state index in [2.05, 4.69) is 20.7 Å². The number of rotatable bonds is 4. The zero-order chi connectivity index (χ0) is 14.7. The molecule has 0 spiro atoms. The Labute approximate surface area is 119 Å². The summed E-state index contributed by atoms with van der Waals surface area (Å²) < 4.78 is 0. The number of aromatic nitrogens is 4. The van der Waals surface area contributed by atoms with Gasteiger partial charge in [-0.05, 0) is 11.6 Å². The van der Waals surface area contributed by atoms with Crippen LogP contribution in [0.25, 0.3) is 0 Å². The number of nitrogens with zero attached hydrogens (tertiary/aromatic N) is 5. The first-order chi connectivity index (χ1) is 9.52. The molecule has 0 saturated carbocycles. The minimum atomic E-state index is -1.00. The first-order valence-corrected chi connectivity index (χ1v) is 7.25. The highest BCUT2D eigenvalue weighted by molar-refractivity contribution is 8.00. The van der Waals surface area contributed by atoms with Crippen molar-refractivity contribution in [3.05, 3.63) is 0 Å². The van der Waals surface area contributed by atoms with Gasteiger partial charge in [-0.3, -0.25) is 10.2 Å². The van der Waals surface area contributed by atoms with Crippen LogP contribution in [0.15, 0.2) is 0 Å². The predicted octanol–water partition coefficient (Wildman–Crippen LogP) is 0.370. The van der Waals surface area contributed by atoms with E-state index in [0.717, 1.165) is 12.8 Å². The van der Waals surface area contributed by atoms with Crippen LogP contribution in [0.1, 0.15) is 19.8 Å². The Morgan fingerprint density at radius 3 is 2.85 bits per heavy atom. The van der Waals surface area contributed by atoms with Crippen molar-refractivity contribution >= 4 is 29.7 Å². The molecular formula is C10H16N6O3S. The smallest absolute Gasteiger partial charge is 0.327 e. The number of tetrazole rings is 1. The molecule has 0 aliphatic carbocycles. The molecule has 0 aromatic carbocycles. The number of carbonyl (C=O) groups excluding carboxylic acids is 1. The number of amides is 2. The summed E-state index contributed by atoms with van der Waals surface area (Å²) in [5.41, 5.74) is 0. The van der Waals surface area contributed by atoms with Gasteiger partial charge < -0.3 is 5.11 Å². The van der Waals surface area contributed by atoms with Gasteiger partial charge in [-0.25, -0.2) is 9.59 Å². The molecule has 110 valence electrons. The summed E-state index contributed by atoms with van der Waals surface area (Å²) in [7, 11) is 1.58. The zero-order valence-electron chi connectivity index (χ0n) is 11.2. The van der Waals surface area contributed by atoms with E-state index in [-0.39, 0.29) is 11.3 Å². The fraction of sp³-hybridized carbons (Fsp3) is 0.700. The third-order valence-corrected chi connectivity index (χ3v) is 4.23. The lowest BCUT2D eigenvalue weighted by Crippen LogP contribution is -2.47. The highest BCUT2D eigenvalue weighted by atomic mass is 32.2. The SMILES string of the molecule is CCCC1SCC(C(=O)O)N1C(=O)Nc1nnn(C)n1. The topological polar surface area (TPSA) is 113 Å². The lowest BCUT2D eigenvalue weighted by atomic mass is 10.2. The fourth-order valence-electron chi connectivity index (χ4n) is 1.99. The molecule has 2 unspecified atom stereocenters. The van der Waals surface area contributed by atoms with Crippen LogP contribution in [0.3, 0.4) is 0 Å². The molecule has 2 amide bonds. The van der Waals surface area contributed by atoms with Crippen molar-refractivity contribution in [2.45, 2.75) is 31.2 Å². The maximum Gasteiger partial charge on any atom is 0.327 e. The maximum absolute atomic E-state index is 12.2. The number of anilines is 1. The van der Waals surface area contributed by atoms with Crippen LogP contribution < -0.4 is 5.32 Å². The maximum atomic E-state index is 12.2. The van der Waals surface area contributed by atoms with Crippen LogP contribution >= 0.6 is 11.8 Å². The third-order valence-electron chi connectivity index (χ3n) is 2.87. The van der Waals surface area contributed by atoms with E-state index in [9.17, 15) is 14.7 Å². The average Bonchev–Trinajstić information content (AvgIpc) is 2.96. The number of carboxylic acid groups (broad SMARTS) is 1. The summed E-state index contributed by atoms with van der Waals surface area (Å²) in [4.78, 5) is 26.1. The van der Waals surface area contributed by atoms with E-state index in [0.29, 0.717) is 5.75 Å². The molecule has 2 N–H and O–H groups in total. The Morgan fingerprint density at radius 1 is 1.55 bits per heavy atom. The number of aryl methyl sites for hydroxylation is 1. The standard InChI is InChI=1S/C10H16N6O3S/c1-3-4-7-16(6(5-20-7)8(17)18)10(19)11-9-12-14-15(2)13-9/h6-7H,3-5H2,1-2H3,(H,17,18)(H,11,13,19). The average molecular weight is 300 g/mol. The van der Waals surface area contributed by atoms with Crippen LogP contribution in [0.2, 0.25) is 0 Å². The monoisotopic (exact) mass is 300 g/mol. The van der Waals surface area contributed by atoms with Crippen LogP contribution in [0, 0.1) is 0 Å². The van der Waals surface area contributed by atoms with Crippen LogP contribution in [-0.2, 0) is 11.8 Å². The lowest BCUT2D eigenvalue weighted by molar-refractivity contribution is -0.141. The number of nitrogens with one attached hydrogen (secondary N) is 1. The second kappa shape index (κ2) is 6.07. The Kier molecular flexibility index (Phi) is 4.42. The molecule has 1 aliphatic rings. The van der Waals surface area contributed by atoms with Crippen molar-refractivity contribution in [3.63, 3.8) is 0 Å². The van der Waals surface area contributed by atoms with Crippen molar-refractivity contribution in [1.82, 2.24) is 25.1 Å². The van der Waals surface area contributed by atoms with Gasteiger partial charge in [0.2, 0.25) is 0 Å². The molecule has 1 saturated heterocycles. The van der Waals surface area contributed by atoms with Crippen molar-refractivity contribution in [2.75, 3.05) is 11.1 Å². The number of hydrogen-bond acceptors (Lipinski definition) is 6. The molecule has 20 heavy (non-hydrogen) atoms. The normalized spacial score (nSPS) is 22.0. The molecule has 1 fully saturated rings. The lowest BCUT2D eigenvalue weighted by Gasteiger charge is -2.26. The molecule has 2 rings (SSSR count). The van der Waals surface area contributed by atoms with Crippen molar-refractivity contribution in [1.29, 1.82) is 0 Å². The largest absolute Gasteiger partial charge is 0.480 e. The molecule has 1 aromatic rings.